The number of hydrogen-bond donors (Lipinski definition) is 2. The van der Waals surface area contributed by atoms with Gasteiger partial charge in [0, 0.05) is 32.3 Å². The Hall–Kier alpha value is -0.810. The maximum atomic E-state index is 5.50. The van der Waals surface area contributed by atoms with Crippen LogP contribution in [0.3, 0.4) is 0 Å². The van der Waals surface area contributed by atoms with Gasteiger partial charge in [0.05, 0.1) is 0 Å². The molecule has 0 amide bonds. The van der Waals surface area contributed by atoms with E-state index in [0.29, 0.717) is 6.04 Å². The van der Waals surface area contributed by atoms with Gasteiger partial charge in [-0.2, -0.15) is 0 Å². The van der Waals surface area contributed by atoms with Crippen LogP contribution in [0, 0.1) is 0 Å². The summed E-state index contributed by atoms with van der Waals surface area (Å²) in [5.74, 6) is 6.32. The van der Waals surface area contributed by atoms with Crippen LogP contribution in [0.25, 0.3) is 0 Å². The van der Waals surface area contributed by atoms with Crippen molar-refractivity contribution in [2.24, 2.45) is 10.8 Å². The van der Waals surface area contributed by atoms with E-state index in [1.807, 2.05) is 6.92 Å². The standard InChI is InChI=1S/C11H24N4O/c1-3-16-9-5-7-13-11(14-12)15-8-4-6-10(15)2/h10H,3-9,12H2,1-2H3,(H,13,14). The minimum absolute atomic E-state index is 0.543. The molecule has 1 aliphatic heterocycles. The number of nitrogens with zero attached hydrogens (tertiary/aromatic N) is 2. The molecule has 0 aromatic rings. The fourth-order valence-corrected chi connectivity index (χ4v) is 1.96. The molecule has 1 aliphatic rings. The molecular formula is C11H24N4O. The van der Waals surface area contributed by atoms with Crippen molar-refractivity contribution >= 4 is 5.96 Å². The van der Waals surface area contributed by atoms with Gasteiger partial charge in [0.1, 0.15) is 0 Å². The zero-order chi connectivity index (χ0) is 11.8. The Morgan fingerprint density at radius 3 is 3.00 bits per heavy atom. The van der Waals surface area contributed by atoms with Crippen molar-refractivity contribution in [3.8, 4) is 0 Å². The molecule has 0 aliphatic carbocycles. The summed E-state index contributed by atoms with van der Waals surface area (Å²) >= 11 is 0. The second kappa shape index (κ2) is 7.46. The third kappa shape index (κ3) is 3.98. The molecule has 16 heavy (non-hydrogen) atoms. The van der Waals surface area contributed by atoms with E-state index in [1.165, 1.54) is 12.8 Å². The highest BCUT2D eigenvalue weighted by Gasteiger charge is 2.22. The van der Waals surface area contributed by atoms with E-state index >= 15 is 0 Å². The maximum absolute atomic E-state index is 5.50. The second-order valence-electron chi connectivity index (χ2n) is 4.08. The van der Waals surface area contributed by atoms with Crippen molar-refractivity contribution in [3.63, 3.8) is 0 Å². The normalized spacial score (nSPS) is 21.6. The average Bonchev–Trinajstić information content (AvgIpc) is 2.70. The third-order valence-electron chi connectivity index (χ3n) is 2.87. The van der Waals surface area contributed by atoms with Crippen LogP contribution in [-0.4, -0.2) is 43.2 Å². The summed E-state index contributed by atoms with van der Waals surface area (Å²) in [7, 11) is 0. The Labute approximate surface area is 98.0 Å². The molecule has 0 bridgehead atoms. The number of ether oxygens (including phenoxy) is 1. The van der Waals surface area contributed by atoms with E-state index in [9.17, 15) is 0 Å². The lowest BCUT2D eigenvalue weighted by Gasteiger charge is -2.24. The molecule has 0 aromatic carbocycles. The van der Waals surface area contributed by atoms with Crippen LogP contribution in [0.4, 0.5) is 0 Å². The van der Waals surface area contributed by atoms with Crippen molar-refractivity contribution in [1.29, 1.82) is 0 Å². The molecule has 1 saturated heterocycles. The maximum Gasteiger partial charge on any atom is 0.208 e. The van der Waals surface area contributed by atoms with Gasteiger partial charge in [0.15, 0.2) is 0 Å². The Balaban J connectivity index is 2.31. The molecular weight excluding hydrogens is 204 g/mol. The fraction of sp³-hybridized carbons (Fsp3) is 0.909. The Morgan fingerprint density at radius 1 is 1.62 bits per heavy atom. The quantitative estimate of drug-likeness (QED) is 0.239. The van der Waals surface area contributed by atoms with Gasteiger partial charge < -0.3 is 9.64 Å². The first-order valence-electron chi connectivity index (χ1n) is 6.15. The summed E-state index contributed by atoms with van der Waals surface area (Å²) in [6, 6.07) is 0.543. The van der Waals surface area contributed by atoms with E-state index in [-0.39, 0.29) is 0 Å². The molecule has 1 fully saturated rings. The van der Waals surface area contributed by atoms with Crippen molar-refractivity contribution < 1.29 is 4.74 Å². The Bertz CT molecular complexity index is 220. The number of likely N-dealkylation sites (tertiary alicyclic amines) is 1. The fourth-order valence-electron chi connectivity index (χ4n) is 1.96. The molecule has 1 rings (SSSR count). The number of guanidine groups is 1. The van der Waals surface area contributed by atoms with Crippen LogP contribution in [0.2, 0.25) is 0 Å². The van der Waals surface area contributed by atoms with E-state index in [2.05, 4.69) is 22.2 Å². The molecule has 1 unspecified atom stereocenters. The number of nitrogens with one attached hydrogen (secondary N) is 1. The number of hydrazine groups is 1. The molecule has 5 heteroatoms. The highest BCUT2D eigenvalue weighted by atomic mass is 16.5. The molecule has 1 heterocycles. The SMILES string of the molecule is CCOCCCN=C(NN)N1CCCC1C. The van der Waals surface area contributed by atoms with E-state index < -0.39 is 0 Å². The predicted octanol–water partition coefficient (Wildman–Crippen LogP) is 0.717. The van der Waals surface area contributed by atoms with E-state index in [4.69, 9.17) is 10.6 Å². The predicted molar refractivity (Wildman–Crippen MR) is 66.1 cm³/mol. The van der Waals surface area contributed by atoms with Gasteiger partial charge in [-0.05, 0) is 33.1 Å². The zero-order valence-electron chi connectivity index (χ0n) is 10.4. The lowest BCUT2D eigenvalue weighted by Crippen LogP contribution is -2.46. The number of nitrogens with two attached hydrogens (primary N) is 1. The summed E-state index contributed by atoms with van der Waals surface area (Å²) in [6.45, 7) is 7.57. The van der Waals surface area contributed by atoms with E-state index in [1.54, 1.807) is 0 Å². The van der Waals surface area contributed by atoms with Crippen LogP contribution < -0.4 is 11.3 Å². The van der Waals surface area contributed by atoms with Crippen LogP contribution in [0.5, 0.6) is 0 Å². The van der Waals surface area contributed by atoms with Crippen molar-refractivity contribution in [1.82, 2.24) is 10.3 Å². The minimum atomic E-state index is 0.543. The molecule has 5 nitrogen and oxygen atoms in total. The monoisotopic (exact) mass is 228 g/mol. The van der Waals surface area contributed by atoms with Crippen LogP contribution in [0.15, 0.2) is 4.99 Å². The van der Waals surface area contributed by atoms with Gasteiger partial charge >= 0.3 is 0 Å². The van der Waals surface area contributed by atoms with Gasteiger partial charge in [-0.15, -0.1) is 0 Å². The lowest BCUT2D eigenvalue weighted by molar-refractivity contribution is 0.146. The van der Waals surface area contributed by atoms with Crippen LogP contribution >= 0.6 is 0 Å². The highest BCUT2D eigenvalue weighted by Crippen LogP contribution is 2.15. The van der Waals surface area contributed by atoms with Crippen LogP contribution in [-0.2, 0) is 4.74 Å². The first-order valence-corrected chi connectivity index (χ1v) is 6.15. The van der Waals surface area contributed by atoms with Gasteiger partial charge in [0.2, 0.25) is 5.96 Å². The molecule has 1 atom stereocenters. The largest absolute Gasteiger partial charge is 0.382 e. The van der Waals surface area contributed by atoms with Crippen LogP contribution in [0.1, 0.15) is 33.1 Å². The number of rotatable bonds is 5. The van der Waals surface area contributed by atoms with Gasteiger partial charge in [0.25, 0.3) is 0 Å². The Morgan fingerprint density at radius 2 is 2.44 bits per heavy atom. The molecule has 0 radical (unpaired) electrons. The first kappa shape index (κ1) is 13.3. The third-order valence-corrected chi connectivity index (χ3v) is 2.87. The lowest BCUT2D eigenvalue weighted by atomic mass is 10.2. The number of aliphatic imine (C=N–C) groups is 1. The summed E-state index contributed by atoms with van der Waals surface area (Å²) in [5, 5.41) is 0. The summed E-state index contributed by atoms with van der Waals surface area (Å²) < 4.78 is 5.26. The Kier molecular flexibility index (Phi) is 6.18. The molecule has 94 valence electrons. The summed E-state index contributed by atoms with van der Waals surface area (Å²) in [4.78, 5) is 6.71. The van der Waals surface area contributed by atoms with Crippen molar-refractivity contribution in [2.45, 2.75) is 39.2 Å². The van der Waals surface area contributed by atoms with E-state index in [0.717, 1.165) is 38.7 Å². The topological polar surface area (TPSA) is 62.9 Å². The first-order chi connectivity index (χ1) is 7.79. The smallest absolute Gasteiger partial charge is 0.208 e. The second-order valence-corrected chi connectivity index (χ2v) is 4.08. The summed E-state index contributed by atoms with van der Waals surface area (Å²) in [5.41, 5.74) is 2.70. The minimum Gasteiger partial charge on any atom is -0.382 e. The highest BCUT2D eigenvalue weighted by molar-refractivity contribution is 5.79. The van der Waals surface area contributed by atoms with Gasteiger partial charge in [-0.3, -0.25) is 10.4 Å². The number of hydrogen-bond acceptors (Lipinski definition) is 3. The molecule has 0 saturated carbocycles. The van der Waals surface area contributed by atoms with Gasteiger partial charge in [-0.1, -0.05) is 0 Å². The molecule has 3 N–H and O–H groups in total. The molecule has 0 aromatic heterocycles. The van der Waals surface area contributed by atoms with Crippen molar-refractivity contribution in [2.75, 3.05) is 26.3 Å². The van der Waals surface area contributed by atoms with Crippen molar-refractivity contribution in [3.05, 3.63) is 0 Å². The van der Waals surface area contributed by atoms with Gasteiger partial charge in [-0.25, -0.2) is 5.84 Å². The summed E-state index contributed by atoms with van der Waals surface area (Å²) in [6.07, 6.45) is 3.39. The molecule has 0 spiro atoms. The average molecular weight is 228 g/mol. The zero-order valence-corrected chi connectivity index (χ0v) is 10.4.